The summed E-state index contributed by atoms with van der Waals surface area (Å²) in [6, 6.07) is 77.9. The number of benzene rings is 9. The van der Waals surface area contributed by atoms with Crippen LogP contribution in [0.15, 0.2) is 218 Å². The molecule has 4 heteroatoms. The molecule has 0 aliphatic rings. The average Bonchev–Trinajstić information content (AvgIpc) is 3.85. The fourth-order valence-corrected chi connectivity index (χ4v) is 9.10. The van der Waals surface area contributed by atoms with Gasteiger partial charge in [-0.15, -0.1) is 0 Å². The molecule has 0 fully saturated rings. The Hall–Kier alpha value is -8.08. The first-order valence-electron chi connectivity index (χ1n) is 20.4. The maximum absolute atomic E-state index is 5.23. The van der Waals surface area contributed by atoms with E-state index in [0.717, 1.165) is 44.8 Å². The molecule has 3 heterocycles. The Balaban J connectivity index is 1.01. The normalized spacial score (nSPS) is 11.7. The van der Waals surface area contributed by atoms with Gasteiger partial charge in [-0.05, 0) is 82.6 Å². The Morgan fingerprint density at radius 2 is 0.733 bits per heavy atom. The van der Waals surface area contributed by atoms with Gasteiger partial charge in [0.1, 0.15) is 0 Å². The van der Waals surface area contributed by atoms with Gasteiger partial charge < -0.3 is 9.13 Å². The van der Waals surface area contributed by atoms with Crippen LogP contribution in [0, 0.1) is 0 Å². The number of para-hydroxylation sites is 3. The number of hydrogen-bond donors (Lipinski definition) is 0. The predicted molar refractivity (Wildman–Crippen MR) is 250 cm³/mol. The van der Waals surface area contributed by atoms with Crippen LogP contribution in [0.3, 0.4) is 0 Å². The van der Waals surface area contributed by atoms with Gasteiger partial charge in [-0.1, -0.05) is 158 Å². The summed E-state index contributed by atoms with van der Waals surface area (Å²) in [5.41, 5.74) is 14.2. The second-order valence-electron chi connectivity index (χ2n) is 15.4. The van der Waals surface area contributed by atoms with Crippen LogP contribution in [0.1, 0.15) is 0 Å². The summed E-state index contributed by atoms with van der Waals surface area (Å²) >= 11 is 0. The second kappa shape index (κ2) is 13.8. The molecule has 280 valence electrons. The molecule has 60 heavy (non-hydrogen) atoms. The highest BCUT2D eigenvalue weighted by molar-refractivity contribution is 6.28. The molecule has 0 unspecified atom stereocenters. The van der Waals surface area contributed by atoms with Gasteiger partial charge in [0, 0.05) is 49.6 Å². The van der Waals surface area contributed by atoms with Crippen molar-refractivity contribution in [3.8, 4) is 56.4 Å². The zero-order valence-electron chi connectivity index (χ0n) is 32.6. The second-order valence-corrected chi connectivity index (χ2v) is 15.4. The van der Waals surface area contributed by atoms with E-state index >= 15 is 0 Å². The molecule has 0 saturated heterocycles. The SMILES string of the molecule is c1ccc(-c2ccc(-c3cc(-c4ccc(-n5c6ccccc6c6c7c8ccccc8n(-c8ccccc8)c7ccc65)cc4)nc(-c4ccc5ccccc5c4)n3)cc2)cc1. The third kappa shape index (κ3) is 5.53. The van der Waals surface area contributed by atoms with E-state index in [2.05, 4.69) is 221 Å². The van der Waals surface area contributed by atoms with Crippen molar-refractivity contribution in [3.63, 3.8) is 0 Å². The molecule has 0 bridgehead atoms. The van der Waals surface area contributed by atoms with Crippen molar-refractivity contribution in [2.24, 2.45) is 0 Å². The maximum Gasteiger partial charge on any atom is 0.160 e. The van der Waals surface area contributed by atoms with E-state index in [4.69, 9.17) is 9.97 Å². The third-order valence-corrected chi connectivity index (χ3v) is 11.9. The molecule has 0 atom stereocenters. The molecule has 0 amide bonds. The molecule has 9 aromatic carbocycles. The Morgan fingerprint density at radius 1 is 0.283 bits per heavy atom. The first-order chi connectivity index (χ1) is 29.7. The van der Waals surface area contributed by atoms with Gasteiger partial charge in [0.25, 0.3) is 0 Å². The lowest BCUT2D eigenvalue weighted by molar-refractivity contribution is 1.17. The quantitative estimate of drug-likeness (QED) is 0.169. The fraction of sp³-hybridized carbons (Fsp3) is 0. The molecule has 0 aliphatic carbocycles. The summed E-state index contributed by atoms with van der Waals surface area (Å²) in [5, 5.41) is 7.36. The van der Waals surface area contributed by atoms with Crippen molar-refractivity contribution in [3.05, 3.63) is 218 Å². The van der Waals surface area contributed by atoms with E-state index in [0.29, 0.717) is 5.82 Å². The van der Waals surface area contributed by atoms with Crippen molar-refractivity contribution in [1.82, 2.24) is 19.1 Å². The Bertz CT molecular complexity index is 3560. The highest BCUT2D eigenvalue weighted by Gasteiger charge is 2.20. The lowest BCUT2D eigenvalue weighted by Gasteiger charge is -2.12. The van der Waals surface area contributed by atoms with Crippen LogP contribution in [-0.2, 0) is 0 Å². The molecule has 0 radical (unpaired) electrons. The first-order valence-corrected chi connectivity index (χ1v) is 20.4. The topological polar surface area (TPSA) is 35.6 Å². The van der Waals surface area contributed by atoms with Crippen LogP contribution in [0.5, 0.6) is 0 Å². The molecular formula is C56H36N4. The molecule has 0 N–H and O–H groups in total. The van der Waals surface area contributed by atoms with Gasteiger partial charge in [0.05, 0.1) is 33.5 Å². The Kier molecular flexibility index (Phi) is 7.82. The number of hydrogen-bond acceptors (Lipinski definition) is 2. The maximum atomic E-state index is 5.23. The summed E-state index contributed by atoms with van der Waals surface area (Å²) in [5.74, 6) is 0.700. The van der Waals surface area contributed by atoms with Crippen molar-refractivity contribution in [2.45, 2.75) is 0 Å². The number of fused-ring (bicyclic) bond motifs is 8. The summed E-state index contributed by atoms with van der Waals surface area (Å²) in [6.07, 6.45) is 0. The van der Waals surface area contributed by atoms with Gasteiger partial charge in [-0.3, -0.25) is 0 Å². The van der Waals surface area contributed by atoms with Crippen LogP contribution in [0.2, 0.25) is 0 Å². The summed E-state index contributed by atoms with van der Waals surface area (Å²) in [4.78, 5) is 10.4. The van der Waals surface area contributed by atoms with E-state index in [-0.39, 0.29) is 0 Å². The van der Waals surface area contributed by atoms with E-state index < -0.39 is 0 Å². The Labute approximate surface area is 346 Å². The molecule has 0 spiro atoms. The molecule has 0 aliphatic heterocycles. The zero-order chi connectivity index (χ0) is 39.6. The minimum atomic E-state index is 0.700. The lowest BCUT2D eigenvalue weighted by Crippen LogP contribution is -1.97. The smallest absolute Gasteiger partial charge is 0.160 e. The highest BCUT2D eigenvalue weighted by Crippen LogP contribution is 2.42. The predicted octanol–water partition coefficient (Wildman–Crippen LogP) is 14.5. The summed E-state index contributed by atoms with van der Waals surface area (Å²) in [6.45, 7) is 0. The molecule has 12 aromatic rings. The van der Waals surface area contributed by atoms with Crippen LogP contribution in [0.4, 0.5) is 0 Å². The van der Waals surface area contributed by atoms with Crippen LogP contribution in [-0.4, -0.2) is 19.1 Å². The van der Waals surface area contributed by atoms with E-state index in [1.807, 2.05) is 6.07 Å². The van der Waals surface area contributed by atoms with E-state index in [1.165, 1.54) is 60.1 Å². The standard InChI is InChI=1S/C56H36N4/c1-3-13-37(14-4-1)39-23-26-40(27-24-39)48-36-49(58-56(57-48)43-28-25-38-15-7-8-16-42(38)35-43)41-29-31-45(32-30-41)60-51-22-12-10-20-47(51)55-53(60)34-33-52-54(55)46-19-9-11-21-50(46)59(52)44-17-5-2-6-18-44/h1-36H. The number of aromatic nitrogens is 4. The number of rotatable bonds is 6. The minimum absolute atomic E-state index is 0.700. The average molecular weight is 765 g/mol. The van der Waals surface area contributed by atoms with Crippen molar-refractivity contribution in [2.75, 3.05) is 0 Å². The van der Waals surface area contributed by atoms with Crippen LogP contribution < -0.4 is 0 Å². The molecule has 0 saturated carbocycles. The number of nitrogens with zero attached hydrogens (tertiary/aromatic N) is 4. The monoisotopic (exact) mass is 764 g/mol. The Morgan fingerprint density at radius 3 is 1.35 bits per heavy atom. The summed E-state index contributed by atoms with van der Waals surface area (Å²) in [7, 11) is 0. The van der Waals surface area contributed by atoms with Gasteiger partial charge >= 0.3 is 0 Å². The minimum Gasteiger partial charge on any atom is -0.309 e. The molecule has 12 rings (SSSR count). The zero-order valence-corrected chi connectivity index (χ0v) is 32.6. The van der Waals surface area contributed by atoms with Gasteiger partial charge in [0.2, 0.25) is 0 Å². The van der Waals surface area contributed by atoms with Gasteiger partial charge in [-0.25, -0.2) is 9.97 Å². The lowest BCUT2D eigenvalue weighted by atomic mass is 10.0. The molecule has 4 nitrogen and oxygen atoms in total. The molecule has 3 aromatic heterocycles. The molecular weight excluding hydrogens is 729 g/mol. The van der Waals surface area contributed by atoms with Crippen molar-refractivity contribution in [1.29, 1.82) is 0 Å². The van der Waals surface area contributed by atoms with Gasteiger partial charge in [-0.2, -0.15) is 0 Å². The largest absolute Gasteiger partial charge is 0.309 e. The third-order valence-electron chi connectivity index (χ3n) is 11.9. The fourth-order valence-electron chi connectivity index (χ4n) is 9.10. The van der Waals surface area contributed by atoms with Crippen molar-refractivity contribution >= 4 is 54.4 Å². The summed E-state index contributed by atoms with van der Waals surface area (Å²) < 4.78 is 4.80. The van der Waals surface area contributed by atoms with Crippen LogP contribution >= 0.6 is 0 Å². The highest BCUT2D eigenvalue weighted by atomic mass is 15.0. The van der Waals surface area contributed by atoms with E-state index in [1.54, 1.807) is 0 Å². The first kappa shape index (κ1) is 34.0. The van der Waals surface area contributed by atoms with Gasteiger partial charge in [0.15, 0.2) is 5.82 Å². The van der Waals surface area contributed by atoms with E-state index in [9.17, 15) is 0 Å². The van der Waals surface area contributed by atoms with Crippen molar-refractivity contribution < 1.29 is 0 Å². The van der Waals surface area contributed by atoms with Crippen LogP contribution in [0.25, 0.3) is 111 Å².